The van der Waals surface area contributed by atoms with E-state index in [1.165, 1.54) is 0 Å². The van der Waals surface area contributed by atoms with Gasteiger partial charge in [-0.2, -0.15) is 0 Å². The van der Waals surface area contributed by atoms with Crippen molar-refractivity contribution in [3.05, 3.63) is 60.2 Å². The van der Waals surface area contributed by atoms with Crippen molar-refractivity contribution in [2.45, 2.75) is 6.42 Å². The number of para-hydroxylation sites is 1. The molecule has 0 spiro atoms. The highest BCUT2D eigenvalue weighted by atomic mass is 16.5. The summed E-state index contributed by atoms with van der Waals surface area (Å²) < 4.78 is 5.73. The van der Waals surface area contributed by atoms with Gasteiger partial charge in [0.25, 0.3) is 5.91 Å². The van der Waals surface area contributed by atoms with Crippen molar-refractivity contribution in [3.8, 4) is 11.5 Å². The Morgan fingerprint density at radius 3 is 2.48 bits per heavy atom. The van der Waals surface area contributed by atoms with E-state index in [1.807, 2.05) is 30.3 Å². The molecular weight excluding hydrogens is 294 g/mol. The van der Waals surface area contributed by atoms with E-state index in [0.29, 0.717) is 30.0 Å². The van der Waals surface area contributed by atoms with Gasteiger partial charge in [0.2, 0.25) is 0 Å². The second kappa shape index (κ2) is 6.52. The topological polar surface area (TPSA) is 66.8 Å². The standard InChI is InChI=1S/C18H17NO4/c20-17(19-10-9-14(12-19)18(21)22)13-5-4-8-16(11-13)23-15-6-2-1-3-7-15/h1-8,11,14H,9-10,12H2,(H,21,22)/t14-/m1/s1. The lowest BCUT2D eigenvalue weighted by Crippen LogP contribution is -2.29. The number of nitrogens with zero attached hydrogens (tertiary/aromatic N) is 1. The average Bonchev–Trinajstić information content (AvgIpc) is 3.06. The number of carboxylic acid groups (broad SMARTS) is 1. The maximum absolute atomic E-state index is 12.5. The van der Waals surface area contributed by atoms with Crippen LogP contribution in [-0.4, -0.2) is 35.0 Å². The Morgan fingerprint density at radius 1 is 1.04 bits per heavy atom. The Kier molecular flexibility index (Phi) is 4.28. The Balaban J connectivity index is 1.72. The highest BCUT2D eigenvalue weighted by molar-refractivity contribution is 5.95. The van der Waals surface area contributed by atoms with Crippen LogP contribution in [0.15, 0.2) is 54.6 Å². The largest absolute Gasteiger partial charge is 0.481 e. The average molecular weight is 311 g/mol. The van der Waals surface area contributed by atoms with Crippen LogP contribution in [0.5, 0.6) is 11.5 Å². The first-order chi connectivity index (χ1) is 11.1. The summed E-state index contributed by atoms with van der Waals surface area (Å²) in [6.45, 7) is 0.734. The molecule has 0 bridgehead atoms. The van der Waals surface area contributed by atoms with Gasteiger partial charge in [-0.25, -0.2) is 0 Å². The molecule has 1 fully saturated rings. The SMILES string of the molecule is O=C(O)[C@@H]1CCN(C(=O)c2cccc(Oc3ccccc3)c2)C1. The second-order valence-corrected chi connectivity index (χ2v) is 5.52. The van der Waals surface area contributed by atoms with Crippen LogP contribution in [0.2, 0.25) is 0 Å². The van der Waals surface area contributed by atoms with Crippen molar-refractivity contribution >= 4 is 11.9 Å². The number of benzene rings is 2. The molecule has 2 aromatic rings. The van der Waals surface area contributed by atoms with Gasteiger partial charge in [-0.05, 0) is 36.8 Å². The Bertz CT molecular complexity index is 714. The minimum atomic E-state index is -0.846. The maximum Gasteiger partial charge on any atom is 0.308 e. The number of ether oxygens (including phenoxy) is 1. The second-order valence-electron chi connectivity index (χ2n) is 5.52. The van der Waals surface area contributed by atoms with E-state index in [0.717, 1.165) is 0 Å². The zero-order valence-corrected chi connectivity index (χ0v) is 12.5. The molecule has 2 aromatic carbocycles. The molecule has 1 saturated heterocycles. The van der Waals surface area contributed by atoms with Crippen molar-refractivity contribution in [1.29, 1.82) is 0 Å². The Hall–Kier alpha value is -2.82. The van der Waals surface area contributed by atoms with Gasteiger partial charge in [0.05, 0.1) is 5.92 Å². The molecule has 118 valence electrons. The van der Waals surface area contributed by atoms with E-state index in [2.05, 4.69) is 0 Å². The first kappa shape index (κ1) is 15.1. The number of amides is 1. The van der Waals surface area contributed by atoms with E-state index in [4.69, 9.17) is 9.84 Å². The van der Waals surface area contributed by atoms with Crippen LogP contribution in [0, 0.1) is 5.92 Å². The fraction of sp³-hybridized carbons (Fsp3) is 0.222. The van der Waals surface area contributed by atoms with Crippen molar-refractivity contribution < 1.29 is 19.4 Å². The summed E-state index contributed by atoms with van der Waals surface area (Å²) in [7, 11) is 0. The number of likely N-dealkylation sites (tertiary alicyclic amines) is 1. The molecule has 0 aromatic heterocycles. The van der Waals surface area contributed by atoms with E-state index in [9.17, 15) is 9.59 Å². The van der Waals surface area contributed by atoms with Gasteiger partial charge in [0.15, 0.2) is 0 Å². The van der Waals surface area contributed by atoms with Crippen LogP contribution in [0.1, 0.15) is 16.8 Å². The molecule has 1 aliphatic heterocycles. The predicted molar refractivity (Wildman–Crippen MR) is 84.6 cm³/mol. The molecule has 5 nitrogen and oxygen atoms in total. The quantitative estimate of drug-likeness (QED) is 0.942. The van der Waals surface area contributed by atoms with E-state index >= 15 is 0 Å². The number of rotatable bonds is 4. The van der Waals surface area contributed by atoms with E-state index in [1.54, 1.807) is 29.2 Å². The fourth-order valence-electron chi connectivity index (χ4n) is 2.65. The summed E-state index contributed by atoms with van der Waals surface area (Å²) in [5.74, 6) is -0.198. The van der Waals surface area contributed by atoms with Crippen molar-refractivity contribution in [3.63, 3.8) is 0 Å². The Labute approximate surface area is 134 Å². The van der Waals surface area contributed by atoms with Gasteiger partial charge in [-0.3, -0.25) is 9.59 Å². The summed E-state index contributed by atoms with van der Waals surface area (Å²) >= 11 is 0. The van der Waals surface area contributed by atoms with Crippen molar-refractivity contribution in [2.24, 2.45) is 5.92 Å². The molecule has 0 aliphatic carbocycles. The predicted octanol–water partition coefficient (Wildman–Crippen LogP) is 3.03. The number of carbonyl (C=O) groups is 2. The van der Waals surface area contributed by atoms with Gasteiger partial charge < -0.3 is 14.7 Å². The van der Waals surface area contributed by atoms with Gasteiger partial charge in [0, 0.05) is 18.7 Å². The highest BCUT2D eigenvalue weighted by Crippen LogP contribution is 2.24. The van der Waals surface area contributed by atoms with Gasteiger partial charge >= 0.3 is 5.97 Å². The van der Waals surface area contributed by atoms with Gasteiger partial charge in [-0.1, -0.05) is 24.3 Å². The van der Waals surface area contributed by atoms with Crippen LogP contribution in [0.3, 0.4) is 0 Å². The van der Waals surface area contributed by atoms with Crippen molar-refractivity contribution in [1.82, 2.24) is 4.90 Å². The third-order valence-electron chi connectivity index (χ3n) is 3.88. The molecule has 0 saturated carbocycles. The maximum atomic E-state index is 12.5. The van der Waals surface area contributed by atoms with Crippen LogP contribution >= 0.6 is 0 Å². The lowest BCUT2D eigenvalue weighted by atomic mass is 10.1. The molecule has 3 rings (SSSR count). The lowest BCUT2D eigenvalue weighted by molar-refractivity contribution is -0.141. The summed E-state index contributed by atoms with van der Waals surface area (Å²) in [5, 5.41) is 9.03. The third kappa shape index (κ3) is 3.51. The van der Waals surface area contributed by atoms with Crippen LogP contribution in [0.4, 0.5) is 0 Å². The molecule has 1 heterocycles. The molecule has 1 amide bonds. The number of carbonyl (C=O) groups excluding carboxylic acids is 1. The van der Waals surface area contributed by atoms with E-state index < -0.39 is 11.9 Å². The molecule has 1 atom stereocenters. The van der Waals surface area contributed by atoms with E-state index in [-0.39, 0.29) is 12.5 Å². The summed E-state index contributed by atoms with van der Waals surface area (Å²) in [4.78, 5) is 25.1. The molecular formula is C18H17NO4. The summed E-state index contributed by atoms with van der Waals surface area (Å²) in [6.07, 6.45) is 0.501. The molecule has 1 aliphatic rings. The normalized spacial score (nSPS) is 17.0. The first-order valence-electron chi connectivity index (χ1n) is 7.48. The molecule has 0 radical (unpaired) electrons. The monoisotopic (exact) mass is 311 g/mol. The van der Waals surface area contributed by atoms with Gasteiger partial charge in [-0.15, -0.1) is 0 Å². The highest BCUT2D eigenvalue weighted by Gasteiger charge is 2.31. The smallest absolute Gasteiger partial charge is 0.308 e. The first-order valence-corrected chi connectivity index (χ1v) is 7.48. The van der Waals surface area contributed by atoms with Crippen molar-refractivity contribution in [2.75, 3.05) is 13.1 Å². The lowest BCUT2D eigenvalue weighted by Gasteiger charge is -2.16. The van der Waals surface area contributed by atoms with Gasteiger partial charge in [0.1, 0.15) is 11.5 Å². The van der Waals surface area contributed by atoms with Crippen LogP contribution in [-0.2, 0) is 4.79 Å². The fourth-order valence-corrected chi connectivity index (χ4v) is 2.65. The number of carboxylic acids is 1. The molecule has 0 unspecified atom stereocenters. The summed E-state index contributed by atoms with van der Waals surface area (Å²) in [5.41, 5.74) is 0.504. The Morgan fingerprint density at radius 2 is 1.78 bits per heavy atom. The zero-order chi connectivity index (χ0) is 16.2. The summed E-state index contributed by atoms with van der Waals surface area (Å²) in [6, 6.07) is 16.3. The number of aliphatic carboxylic acids is 1. The molecule has 23 heavy (non-hydrogen) atoms. The molecule has 1 N–H and O–H groups in total. The number of hydrogen-bond acceptors (Lipinski definition) is 3. The number of hydrogen-bond donors (Lipinski definition) is 1. The zero-order valence-electron chi connectivity index (χ0n) is 12.5. The molecule has 5 heteroatoms. The van der Waals surface area contributed by atoms with Crippen LogP contribution in [0.25, 0.3) is 0 Å². The third-order valence-corrected chi connectivity index (χ3v) is 3.88. The minimum absolute atomic E-state index is 0.160. The van der Waals surface area contributed by atoms with Crippen LogP contribution < -0.4 is 4.74 Å². The minimum Gasteiger partial charge on any atom is -0.481 e.